The number of hydrogen-bond acceptors (Lipinski definition) is 0. The van der Waals surface area contributed by atoms with Gasteiger partial charge < -0.3 is 4.57 Å². The third kappa shape index (κ3) is 2.86. The van der Waals surface area contributed by atoms with Crippen LogP contribution in [-0.2, 0) is 0 Å². The van der Waals surface area contributed by atoms with Crippen molar-refractivity contribution in [2.45, 2.75) is 0 Å². The van der Waals surface area contributed by atoms with Crippen LogP contribution in [0.5, 0.6) is 0 Å². The summed E-state index contributed by atoms with van der Waals surface area (Å²) in [6.07, 6.45) is 0. The number of hydrogen-bond donors (Lipinski definition) is 0. The molecule has 7 aromatic rings. The highest BCUT2D eigenvalue weighted by molar-refractivity contribution is 6.09. The van der Waals surface area contributed by atoms with E-state index in [1.165, 1.54) is 60.2 Å². The first kappa shape index (κ1) is 18.2. The van der Waals surface area contributed by atoms with Crippen LogP contribution >= 0.6 is 0 Å². The molecule has 0 aliphatic carbocycles. The van der Waals surface area contributed by atoms with Gasteiger partial charge in [0.25, 0.3) is 0 Å². The van der Waals surface area contributed by atoms with Crippen molar-refractivity contribution >= 4 is 43.4 Å². The van der Waals surface area contributed by atoms with Gasteiger partial charge in [-0.1, -0.05) is 91.0 Å². The molecule has 0 aliphatic rings. The number of fused-ring (bicyclic) bond motifs is 5. The minimum absolute atomic E-state index is 1.19. The highest BCUT2D eigenvalue weighted by Gasteiger charge is 2.12. The summed E-state index contributed by atoms with van der Waals surface area (Å²) in [5, 5.41) is 7.64. The standard InChI is InChI=1S/C32H21N/c1-2-8-23-19-24(14-13-22(23)7-1)25-15-16-27-21-28(18-17-26(27)20-25)33-31-11-5-3-9-29(31)30-10-4-6-12-32(30)33/h1-21H. The molecule has 0 spiro atoms. The second-order valence-electron chi connectivity index (χ2n) is 8.68. The zero-order valence-electron chi connectivity index (χ0n) is 18.1. The van der Waals surface area contributed by atoms with Gasteiger partial charge in [-0.05, 0) is 69.1 Å². The van der Waals surface area contributed by atoms with Crippen molar-refractivity contribution in [2.24, 2.45) is 0 Å². The van der Waals surface area contributed by atoms with E-state index in [1.807, 2.05) is 0 Å². The lowest BCUT2D eigenvalue weighted by molar-refractivity contribution is 1.19. The summed E-state index contributed by atoms with van der Waals surface area (Å²) in [7, 11) is 0. The number of aromatic nitrogens is 1. The molecule has 0 bridgehead atoms. The van der Waals surface area contributed by atoms with Crippen molar-refractivity contribution in [3.63, 3.8) is 0 Å². The second-order valence-corrected chi connectivity index (χ2v) is 8.68. The molecule has 1 heteroatoms. The van der Waals surface area contributed by atoms with Crippen LogP contribution < -0.4 is 0 Å². The van der Waals surface area contributed by atoms with E-state index in [9.17, 15) is 0 Å². The maximum Gasteiger partial charge on any atom is 0.0541 e. The largest absolute Gasteiger partial charge is 0.309 e. The first-order chi connectivity index (χ1) is 16.3. The monoisotopic (exact) mass is 419 g/mol. The Morgan fingerprint density at radius 2 is 0.848 bits per heavy atom. The van der Waals surface area contributed by atoms with Gasteiger partial charge in [0.05, 0.1) is 11.0 Å². The number of nitrogens with zero attached hydrogens (tertiary/aromatic N) is 1. The highest BCUT2D eigenvalue weighted by Crippen LogP contribution is 2.34. The van der Waals surface area contributed by atoms with Crippen LogP contribution in [0.2, 0.25) is 0 Å². The lowest BCUT2D eigenvalue weighted by Crippen LogP contribution is -1.93. The van der Waals surface area contributed by atoms with E-state index in [0.29, 0.717) is 0 Å². The van der Waals surface area contributed by atoms with E-state index < -0.39 is 0 Å². The highest BCUT2D eigenvalue weighted by atomic mass is 15.0. The Kier molecular flexibility index (Phi) is 3.91. The summed E-state index contributed by atoms with van der Waals surface area (Å²) in [6, 6.07) is 46.1. The SMILES string of the molecule is c1ccc2cc(-c3ccc4cc(-n5c6ccccc6c6ccccc65)ccc4c3)ccc2c1. The molecule has 33 heavy (non-hydrogen) atoms. The maximum atomic E-state index is 2.38. The average Bonchev–Trinajstić information content (AvgIpc) is 3.22. The fourth-order valence-corrected chi connectivity index (χ4v) is 5.12. The normalized spacial score (nSPS) is 11.6. The summed E-state index contributed by atoms with van der Waals surface area (Å²) >= 11 is 0. The Hall–Kier alpha value is -4.36. The zero-order valence-corrected chi connectivity index (χ0v) is 18.1. The molecule has 0 aliphatic heterocycles. The van der Waals surface area contributed by atoms with Gasteiger partial charge in [-0.25, -0.2) is 0 Å². The van der Waals surface area contributed by atoms with Crippen molar-refractivity contribution in [1.29, 1.82) is 0 Å². The van der Waals surface area contributed by atoms with Gasteiger partial charge in [-0.15, -0.1) is 0 Å². The smallest absolute Gasteiger partial charge is 0.0541 e. The van der Waals surface area contributed by atoms with Gasteiger partial charge in [0.15, 0.2) is 0 Å². The Balaban J connectivity index is 1.38. The molecule has 1 aromatic heterocycles. The van der Waals surface area contributed by atoms with E-state index in [4.69, 9.17) is 0 Å². The molecule has 1 heterocycles. The van der Waals surface area contributed by atoms with E-state index in [-0.39, 0.29) is 0 Å². The van der Waals surface area contributed by atoms with Gasteiger partial charge >= 0.3 is 0 Å². The average molecular weight is 420 g/mol. The van der Waals surface area contributed by atoms with E-state index in [2.05, 4.69) is 132 Å². The molecule has 0 unspecified atom stereocenters. The predicted octanol–water partition coefficient (Wildman–Crippen LogP) is 8.76. The van der Waals surface area contributed by atoms with Crippen molar-refractivity contribution in [3.8, 4) is 16.8 Å². The van der Waals surface area contributed by atoms with Crippen LogP contribution in [0, 0.1) is 0 Å². The predicted molar refractivity (Wildman–Crippen MR) is 141 cm³/mol. The van der Waals surface area contributed by atoms with Crippen LogP contribution in [0.3, 0.4) is 0 Å². The Morgan fingerprint density at radius 1 is 0.364 bits per heavy atom. The molecule has 1 nitrogen and oxygen atoms in total. The van der Waals surface area contributed by atoms with Gasteiger partial charge in [0.2, 0.25) is 0 Å². The fourth-order valence-electron chi connectivity index (χ4n) is 5.12. The van der Waals surface area contributed by atoms with Crippen molar-refractivity contribution in [3.05, 3.63) is 127 Å². The number of benzene rings is 6. The number of para-hydroxylation sites is 2. The molecular formula is C32H21N. The Labute approximate surface area is 192 Å². The molecule has 0 amide bonds. The maximum absolute atomic E-state index is 2.38. The summed E-state index contributed by atoms with van der Waals surface area (Å²) in [5.41, 5.74) is 6.18. The van der Waals surface area contributed by atoms with Crippen LogP contribution in [0.4, 0.5) is 0 Å². The molecular weight excluding hydrogens is 398 g/mol. The van der Waals surface area contributed by atoms with Crippen molar-refractivity contribution in [1.82, 2.24) is 4.57 Å². The molecule has 0 atom stereocenters. The Bertz CT molecular complexity index is 1770. The molecule has 7 rings (SSSR count). The molecule has 0 saturated carbocycles. The van der Waals surface area contributed by atoms with E-state index in [0.717, 1.165) is 0 Å². The third-order valence-electron chi connectivity index (χ3n) is 6.74. The van der Waals surface area contributed by atoms with Crippen LogP contribution in [0.25, 0.3) is 60.2 Å². The minimum atomic E-state index is 1.19. The molecule has 0 radical (unpaired) electrons. The van der Waals surface area contributed by atoms with Crippen LogP contribution in [-0.4, -0.2) is 4.57 Å². The van der Waals surface area contributed by atoms with E-state index in [1.54, 1.807) is 0 Å². The summed E-state index contributed by atoms with van der Waals surface area (Å²) in [5.74, 6) is 0. The first-order valence-electron chi connectivity index (χ1n) is 11.4. The topological polar surface area (TPSA) is 4.93 Å². The fraction of sp³-hybridized carbons (Fsp3) is 0. The number of rotatable bonds is 2. The first-order valence-corrected chi connectivity index (χ1v) is 11.4. The Morgan fingerprint density at radius 3 is 1.55 bits per heavy atom. The molecule has 0 N–H and O–H groups in total. The molecule has 0 saturated heterocycles. The quantitative estimate of drug-likeness (QED) is 0.264. The van der Waals surface area contributed by atoms with Crippen molar-refractivity contribution in [2.75, 3.05) is 0 Å². The zero-order chi connectivity index (χ0) is 21.8. The van der Waals surface area contributed by atoms with Gasteiger partial charge in [0, 0.05) is 16.5 Å². The third-order valence-corrected chi connectivity index (χ3v) is 6.74. The summed E-state index contributed by atoms with van der Waals surface area (Å²) in [6.45, 7) is 0. The van der Waals surface area contributed by atoms with Gasteiger partial charge in [-0.3, -0.25) is 0 Å². The second kappa shape index (κ2) is 7.08. The molecule has 0 fully saturated rings. The summed E-state index contributed by atoms with van der Waals surface area (Å²) < 4.78 is 2.38. The molecule has 154 valence electrons. The van der Waals surface area contributed by atoms with Crippen LogP contribution in [0.1, 0.15) is 0 Å². The van der Waals surface area contributed by atoms with Gasteiger partial charge in [0.1, 0.15) is 0 Å². The van der Waals surface area contributed by atoms with Crippen molar-refractivity contribution < 1.29 is 0 Å². The van der Waals surface area contributed by atoms with Crippen LogP contribution in [0.15, 0.2) is 127 Å². The van der Waals surface area contributed by atoms with E-state index >= 15 is 0 Å². The lowest BCUT2D eigenvalue weighted by Gasteiger charge is -2.11. The van der Waals surface area contributed by atoms with Gasteiger partial charge in [-0.2, -0.15) is 0 Å². The summed E-state index contributed by atoms with van der Waals surface area (Å²) in [4.78, 5) is 0. The minimum Gasteiger partial charge on any atom is -0.309 e. The lowest BCUT2D eigenvalue weighted by atomic mass is 9.98. The molecule has 6 aromatic carbocycles.